The number of nitrogens with zero attached hydrogens (tertiary/aromatic N) is 5. The number of aliphatic imine (C=N–C) groups is 1. The zero-order chi connectivity index (χ0) is 42.5. The molecule has 328 valence electrons. The van der Waals surface area contributed by atoms with Crippen molar-refractivity contribution in [2.75, 3.05) is 46.3 Å². The van der Waals surface area contributed by atoms with Gasteiger partial charge in [0.1, 0.15) is 53.8 Å². The number of phosphoric ester groups is 1. The van der Waals surface area contributed by atoms with Gasteiger partial charge in [0.05, 0.1) is 38.2 Å². The van der Waals surface area contributed by atoms with E-state index in [0.29, 0.717) is 34.9 Å². The fourth-order valence-corrected chi connectivity index (χ4v) is 8.06. The van der Waals surface area contributed by atoms with Crippen molar-refractivity contribution in [2.45, 2.75) is 140 Å². The van der Waals surface area contributed by atoms with E-state index >= 15 is 0 Å². The van der Waals surface area contributed by atoms with Crippen molar-refractivity contribution in [3.63, 3.8) is 0 Å². The number of rotatable bonds is 30. The molecule has 1 aliphatic rings. The van der Waals surface area contributed by atoms with Gasteiger partial charge in [-0.3, -0.25) is 14.0 Å². The monoisotopic (exact) mass is 844 g/mol. The second kappa shape index (κ2) is 25.2. The van der Waals surface area contributed by atoms with Crippen LogP contribution in [-0.4, -0.2) is 101 Å². The standard InChI is InChI=1S/C42H65N6O10P/c1-4-5-6-7-8-9-10-11-12-13-14-15-16-17-18-19-24-54-27-34(57-33-21-20-32(26-43)36(25-33)53-3)28-55-59(51,52)56-29-37-39(49)40(50)42(58-37,30-45-2)38-23-22-35-41(44)46-31-47-48(35)38/h20-23,25,30-31,34,37,39-40,49-50H,4-19,24,27-29H2,1-3H3,(H,51,52)(H2,44,46,47)/b45-30-/t34-,37-,39-,40-,42+/m1/s1. The number of methoxy groups -OCH3 is 1. The van der Waals surface area contributed by atoms with Gasteiger partial charge >= 0.3 is 7.82 Å². The summed E-state index contributed by atoms with van der Waals surface area (Å²) in [5.41, 5.74) is 5.34. The number of aliphatic hydroxyl groups is 2. The van der Waals surface area contributed by atoms with Crippen LogP contribution in [0.15, 0.2) is 41.7 Å². The maximum atomic E-state index is 13.2. The first kappa shape index (κ1) is 48.0. The molecule has 0 spiro atoms. The van der Waals surface area contributed by atoms with Crippen molar-refractivity contribution in [2.24, 2.45) is 4.99 Å². The number of nitriles is 1. The maximum Gasteiger partial charge on any atom is 0.472 e. The van der Waals surface area contributed by atoms with E-state index in [9.17, 15) is 24.9 Å². The summed E-state index contributed by atoms with van der Waals surface area (Å²) in [6.07, 6.45) is 17.6. The molecule has 17 heteroatoms. The van der Waals surface area contributed by atoms with Crippen LogP contribution in [0.25, 0.3) is 5.52 Å². The Morgan fingerprint density at radius 2 is 1.63 bits per heavy atom. The summed E-state index contributed by atoms with van der Waals surface area (Å²) in [4.78, 5) is 18.7. The van der Waals surface area contributed by atoms with Crippen LogP contribution >= 0.6 is 7.82 Å². The van der Waals surface area contributed by atoms with Crippen LogP contribution in [0.1, 0.15) is 121 Å². The van der Waals surface area contributed by atoms with Gasteiger partial charge in [0.25, 0.3) is 0 Å². The van der Waals surface area contributed by atoms with Gasteiger partial charge in [-0.05, 0) is 30.7 Å². The quantitative estimate of drug-likeness (QED) is 0.0299. The third-order valence-electron chi connectivity index (χ3n) is 10.6. The van der Waals surface area contributed by atoms with E-state index in [1.165, 1.54) is 115 Å². The Morgan fingerprint density at radius 1 is 0.983 bits per heavy atom. The van der Waals surface area contributed by atoms with E-state index in [4.69, 9.17) is 33.7 Å². The van der Waals surface area contributed by atoms with Crippen molar-refractivity contribution in [3.05, 3.63) is 47.9 Å². The average molecular weight is 845 g/mol. The summed E-state index contributed by atoms with van der Waals surface area (Å²) in [7, 11) is -1.86. The fourth-order valence-electron chi connectivity index (χ4n) is 7.30. The fraction of sp³-hybridized carbons (Fsp3) is 0.667. The van der Waals surface area contributed by atoms with Gasteiger partial charge in [-0.25, -0.2) is 14.1 Å². The largest absolute Gasteiger partial charge is 0.495 e. The Morgan fingerprint density at radius 3 is 2.24 bits per heavy atom. The van der Waals surface area contributed by atoms with E-state index in [1.807, 2.05) is 0 Å². The number of aliphatic hydroxyl groups excluding tert-OH is 2. The zero-order valence-corrected chi connectivity index (χ0v) is 35.8. The highest BCUT2D eigenvalue weighted by atomic mass is 31.2. The van der Waals surface area contributed by atoms with E-state index in [0.717, 1.165) is 19.3 Å². The van der Waals surface area contributed by atoms with Crippen LogP contribution in [0, 0.1) is 11.3 Å². The summed E-state index contributed by atoms with van der Waals surface area (Å²) in [5.74, 6) is 0.831. The van der Waals surface area contributed by atoms with Gasteiger partial charge in [0.15, 0.2) is 11.4 Å². The van der Waals surface area contributed by atoms with Crippen molar-refractivity contribution in [1.29, 1.82) is 5.26 Å². The zero-order valence-electron chi connectivity index (χ0n) is 35.0. The Hall–Kier alpha value is -3.65. The van der Waals surface area contributed by atoms with Gasteiger partial charge in [0.2, 0.25) is 0 Å². The van der Waals surface area contributed by atoms with Crippen LogP contribution in [-0.2, 0) is 28.7 Å². The Balaban J connectivity index is 1.23. The van der Waals surface area contributed by atoms with Gasteiger partial charge < -0.3 is 39.8 Å². The molecule has 3 heterocycles. The normalized spacial score (nSPS) is 20.9. The Labute approximate surface area is 348 Å². The molecule has 6 atom stereocenters. The van der Waals surface area contributed by atoms with Crippen LogP contribution in [0.4, 0.5) is 5.82 Å². The molecule has 0 amide bonds. The predicted octanol–water partition coefficient (Wildman–Crippen LogP) is 7.07. The molecule has 0 bridgehead atoms. The number of hydrogen-bond acceptors (Lipinski definition) is 14. The lowest BCUT2D eigenvalue weighted by Gasteiger charge is -2.27. The van der Waals surface area contributed by atoms with Gasteiger partial charge in [0, 0.05) is 25.9 Å². The molecule has 0 saturated carbocycles. The number of nitrogens with two attached hydrogens (primary N) is 1. The molecular weight excluding hydrogens is 779 g/mol. The molecule has 1 unspecified atom stereocenters. The third-order valence-corrected chi connectivity index (χ3v) is 11.5. The van der Waals surface area contributed by atoms with Crippen molar-refractivity contribution in [1.82, 2.24) is 14.6 Å². The topological polar surface area (TPSA) is 225 Å². The second-order valence-corrected chi connectivity index (χ2v) is 16.5. The van der Waals surface area contributed by atoms with Gasteiger partial charge in [-0.1, -0.05) is 103 Å². The predicted molar refractivity (Wildman–Crippen MR) is 225 cm³/mol. The first-order valence-electron chi connectivity index (χ1n) is 21.1. The number of unbranched alkanes of at least 4 members (excludes halogenated alkanes) is 15. The molecule has 59 heavy (non-hydrogen) atoms. The highest BCUT2D eigenvalue weighted by Crippen LogP contribution is 2.46. The van der Waals surface area contributed by atoms with Crippen LogP contribution < -0.4 is 15.2 Å². The number of fused-ring (bicyclic) bond motifs is 1. The molecule has 0 radical (unpaired) electrons. The summed E-state index contributed by atoms with van der Waals surface area (Å²) in [6.45, 7) is 1.73. The van der Waals surface area contributed by atoms with Crippen LogP contribution in [0.2, 0.25) is 0 Å². The smallest absolute Gasteiger partial charge is 0.472 e. The number of anilines is 1. The van der Waals surface area contributed by atoms with E-state index in [2.05, 4.69) is 28.1 Å². The van der Waals surface area contributed by atoms with Gasteiger partial charge in [-0.15, -0.1) is 0 Å². The second-order valence-electron chi connectivity index (χ2n) is 15.1. The highest BCUT2D eigenvalue weighted by molar-refractivity contribution is 7.47. The minimum atomic E-state index is -4.77. The summed E-state index contributed by atoms with van der Waals surface area (Å²) < 4.78 is 48.7. The average Bonchev–Trinajstić information content (AvgIpc) is 3.78. The molecule has 2 aromatic heterocycles. The number of benzene rings is 1. The molecule has 3 aromatic rings. The molecule has 1 aliphatic heterocycles. The van der Waals surface area contributed by atoms with E-state index in [-0.39, 0.29) is 12.4 Å². The molecule has 16 nitrogen and oxygen atoms in total. The minimum absolute atomic E-state index is 0.0376. The molecule has 1 saturated heterocycles. The third kappa shape index (κ3) is 14.5. The molecular formula is C42H65N6O10P. The lowest BCUT2D eigenvalue weighted by Crippen LogP contribution is -2.43. The Bertz CT molecular complexity index is 1810. The van der Waals surface area contributed by atoms with Crippen molar-refractivity contribution < 1.29 is 47.7 Å². The maximum absolute atomic E-state index is 13.2. The lowest BCUT2D eigenvalue weighted by molar-refractivity contribution is -0.0551. The summed E-state index contributed by atoms with van der Waals surface area (Å²) >= 11 is 0. The molecule has 4 rings (SSSR count). The number of nitrogen functional groups attached to an aromatic ring is 1. The van der Waals surface area contributed by atoms with Crippen molar-refractivity contribution >= 4 is 25.4 Å². The lowest BCUT2D eigenvalue weighted by atomic mass is 9.92. The minimum Gasteiger partial charge on any atom is -0.495 e. The number of aromatic nitrogens is 3. The number of ether oxygens (including phenoxy) is 4. The molecule has 0 aliphatic carbocycles. The SMILES string of the molecule is CCCCCCCCCCCCCCCCCCOC[C@H](COP(=O)(O)OC[C@H]1O[C@@](/C=N\C)(c2ccc3c(N)ncnn23)[C@H](O)[C@@H]1O)Oc1ccc(C#N)c(OC)c1. The summed E-state index contributed by atoms with van der Waals surface area (Å²) in [6, 6.07) is 9.97. The van der Waals surface area contributed by atoms with Crippen molar-refractivity contribution in [3.8, 4) is 17.6 Å². The van der Waals surface area contributed by atoms with Gasteiger partial charge in [-0.2, -0.15) is 10.4 Å². The summed E-state index contributed by atoms with van der Waals surface area (Å²) in [5, 5.41) is 35.9. The number of phosphoric acid groups is 1. The Kier molecular flexibility index (Phi) is 20.5. The first-order chi connectivity index (χ1) is 28.6. The van der Waals surface area contributed by atoms with E-state index < -0.39 is 51.1 Å². The molecule has 5 N–H and O–H groups in total. The highest BCUT2D eigenvalue weighted by Gasteiger charge is 2.56. The van der Waals surface area contributed by atoms with Crippen LogP contribution in [0.5, 0.6) is 11.5 Å². The van der Waals surface area contributed by atoms with E-state index in [1.54, 1.807) is 30.3 Å². The molecule has 1 aromatic carbocycles. The van der Waals surface area contributed by atoms with Crippen LogP contribution in [0.3, 0.4) is 0 Å². The molecule has 1 fully saturated rings. The first-order valence-corrected chi connectivity index (χ1v) is 22.6. The number of hydrogen-bond donors (Lipinski definition) is 4.